The Kier molecular flexibility index (Phi) is 6.75. The second-order valence-corrected chi connectivity index (χ2v) is 7.13. The fourth-order valence-electron chi connectivity index (χ4n) is 2.69. The molecule has 3 rings (SSSR count). The van der Waals surface area contributed by atoms with Crippen LogP contribution in [-0.2, 0) is 12.8 Å². The van der Waals surface area contributed by atoms with Crippen LogP contribution >= 0.6 is 11.3 Å². The molecule has 0 aliphatic rings. The lowest BCUT2D eigenvalue weighted by Crippen LogP contribution is -2.20. The van der Waals surface area contributed by atoms with E-state index in [0.717, 1.165) is 23.4 Å². The van der Waals surface area contributed by atoms with E-state index in [9.17, 15) is 4.79 Å². The summed E-state index contributed by atoms with van der Waals surface area (Å²) in [4.78, 5) is 15.9. The molecule has 0 saturated heterocycles. The molecule has 1 amide bonds. The number of anilines is 1. The Balaban J connectivity index is 1.60. The van der Waals surface area contributed by atoms with E-state index >= 15 is 0 Å². The molecule has 1 heterocycles. The molecule has 0 fully saturated rings. The molecule has 0 radical (unpaired) electrons. The van der Waals surface area contributed by atoms with E-state index in [1.165, 1.54) is 16.9 Å². The number of aryl methyl sites for hydroxylation is 1. The zero-order valence-electron chi connectivity index (χ0n) is 15.6. The van der Waals surface area contributed by atoms with Crippen LogP contribution in [0.2, 0.25) is 0 Å². The molecule has 28 heavy (non-hydrogen) atoms. The summed E-state index contributed by atoms with van der Waals surface area (Å²) in [6.07, 6.45) is 3.10. The fourth-order valence-corrected chi connectivity index (χ4v) is 3.54. The zero-order valence-corrected chi connectivity index (χ0v) is 16.5. The Morgan fingerprint density at radius 3 is 2.75 bits per heavy atom. The maximum atomic E-state index is 12.3. The highest BCUT2D eigenvalue weighted by Gasteiger charge is 2.18. The molecule has 7 heteroatoms. The Morgan fingerprint density at radius 2 is 1.96 bits per heavy atom. The topological polar surface area (TPSA) is 90.8 Å². The van der Waals surface area contributed by atoms with E-state index in [1.807, 2.05) is 49.4 Å². The summed E-state index contributed by atoms with van der Waals surface area (Å²) in [5.41, 5.74) is 11.1. The predicted octanol–water partition coefficient (Wildman–Crippen LogP) is 3.09. The van der Waals surface area contributed by atoms with Crippen molar-refractivity contribution in [3.05, 3.63) is 76.3 Å². The van der Waals surface area contributed by atoms with Crippen LogP contribution in [-0.4, -0.2) is 18.7 Å². The molecule has 2 aromatic carbocycles. The van der Waals surface area contributed by atoms with Crippen LogP contribution in [0.4, 0.5) is 5.13 Å². The number of aromatic amines is 1. The second-order valence-electron chi connectivity index (χ2n) is 6.07. The number of rotatable bonds is 8. The van der Waals surface area contributed by atoms with Crippen LogP contribution < -0.4 is 20.9 Å². The van der Waals surface area contributed by atoms with Gasteiger partial charge < -0.3 is 4.74 Å². The lowest BCUT2D eigenvalue weighted by Gasteiger charge is -2.09. The Hall–Kier alpha value is -3.19. The smallest absolute Gasteiger partial charge is 0.330 e. The van der Waals surface area contributed by atoms with Crippen molar-refractivity contribution in [3.8, 4) is 5.75 Å². The van der Waals surface area contributed by atoms with Gasteiger partial charge in [0.05, 0.1) is 12.8 Å². The number of hydrazone groups is 1. The summed E-state index contributed by atoms with van der Waals surface area (Å²) in [6, 6.07) is 17.8. The highest BCUT2D eigenvalue weighted by molar-refractivity contribution is 7.16. The summed E-state index contributed by atoms with van der Waals surface area (Å²) in [5, 5.41) is 4.58. The normalized spacial score (nSPS) is 10.9. The molecule has 6 nitrogen and oxygen atoms in total. The van der Waals surface area contributed by atoms with Crippen molar-refractivity contribution in [2.45, 2.75) is 19.8 Å². The van der Waals surface area contributed by atoms with Gasteiger partial charge in [-0.25, -0.2) is 10.4 Å². The summed E-state index contributed by atoms with van der Waals surface area (Å²) in [5.74, 6) is 0.438. The number of nitrogen functional groups attached to an aromatic ring is 1. The number of para-hydroxylation sites is 1. The number of aromatic nitrogens is 1. The van der Waals surface area contributed by atoms with Gasteiger partial charge in [-0.15, -0.1) is 0 Å². The minimum Gasteiger partial charge on any atom is -0.493 e. The maximum Gasteiger partial charge on any atom is 0.330 e. The van der Waals surface area contributed by atoms with Gasteiger partial charge in [-0.1, -0.05) is 49.4 Å². The Labute approximate surface area is 168 Å². The van der Waals surface area contributed by atoms with E-state index in [4.69, 9.17) is 10.5 Å². The third-order valence-corrected chi connectivity index (χ3v) is 5.06. The van der Waals surface area contributed by atoms with Crippen LogP contribution in [0, 0.1) is 0 Å². The number of ether oxygens (including phenoxy) is 1. The number of carbonyl (C=O) groups excluding carboxylic acids is 1. The lowest BCUT2D eigenvalue weighted by molar-refractivity contribution is -0.366. The molecule has 3 aromatic rings. The SMILES string of the molecule is CCc1[nH+]c(N)sc1C(=O)NN=Cc1ccccc1OCCc1ccccc1. The molecule has 0 saturated carbocycles. The molecule has 0 bridgehead atoms. The minimum absolute atomic E-state index is 0.284. The number of carbonyl (C=O) groups is 1. The van der Waals surface area contributed by atoms with Gasteiger partial charge in [-0.05, 0) is 29.0 Å². The highest BCUT2D eigenvalue weighted by atomic mass is 32.1. The standard InChI is InChI=1S/C21H22N4O2S/c1-2-17-19(28-21(22)24-17)20(26)25-23-14-16-10-6-7-11-18(16)27-13-12-15-8-4-3-5-9-15/h3-11,14H,2,12-13H2,1H3,(H2,22,24)(H,25,26)/p+1. The summed E-state index contributed by atoms with van der Waals surface area (Å²) in [6.45, 7) is 2.52. The predicted molar refractivity (Wildman–Crippen MR) is 112 cm³/mol. The van der Waals surface area contributed by atoms with Crippen LogP contribution in [0.3, 0.4) is 0 Å². The summed E-state index contributed by atoms with van der Waals surface area (Å²) >= 11 is 1.22. The molecule has 0 unspecified atom stereocenters. The first-order valence-corrected chi connectivity index (χ1v) is 9.88. The average Bonchev–Trinajstić information content (AvgIpc) is 3.11. The highest BCUT2D eigenvalue weighted by Crippen LogP contribution is 2.18. The van der Waals surface area contributed by atoms with E-state index in [2.05, 4.69) is 27.6 Å². The molecule has 4 N–H and O–H groups in total. The van der Waals surface area contributed by atoms with Gasteiger partial charge in [0, 0.05) is 18.4 Å². The first-order valence-electron chi connectivity index (χ1n) is 9.07. The second kappa shape index (κ2) is 9.66. The minimum atomic E-state index is -0.284. The number of thiazole rings is 1. The fraction of sp³-hybridized carbons (Fsp3) is 0.190. The average molecular weight is 396 g/mol. The molecule has 0 aliphatic heterocycles. The first-order chi connectivity index (χ1) is 13.7. The number of benzene rings is 2. The van der Waals surface area contributed by atoms with Gasteiger partial charge in [-0.3, -0.25) is 10.5 Å². The molecule has 1 aromatic heterocycles. The van der Waals surface area contributed by atoms with E-state index in [0.29, 0.717) is 23.0 Å². The molecule has 0 spiro atoms. The van der Waals surface area contributed by atoms with Crippen LogP contribution in [0.15, 0.2) is 59.7 Å². The maximum absolute atomic E-state index is 12.3. The molecular weight excluding hydrogens is 372 g/mol. The third kappa shape index (κ3) is 5.17. The lowest BCUT2D eigenvalue weighted by atomic mass is 10.2. The molecule has 0 aliphatic carbocycles. The number of hydrogen-bond donors (Lipinski definition) is 2. The Bertz CT molecular complexity index is 954. The van der Waals surface area contributed by atoms with Crippen molar-refractivity contribution in [2.75, 3.05) is 12.3 Å². The monoisotopic (exact) mass is 395 g/mol. The van der Waals surface area contributed by atoms with Gasteiger partial charge in [0.2, 0.25) is 0 Å². The summed E-state index contributed by atoms with van der Waals surface area (Å²) < 4.78 is 5.90. The van der Waals surface area contributed by atoms with Gasteiger partial charge in [0.1, 0.15) is 16.3 Å². The Morgan fingerprint density at radius 1 is 1.21 bits per heavy atom. The van der Waals surface area contributed by atoms with E-state index < -0.39 is 0 Å². The molecule has 144 valence electrons. The van der Waals surface area contributed by atoms with Gasteiger partial charge in [0.15, 0.2) is 0 Å². The van der Waals surface area contributed by atoms with Crippen LogP contribution in [0.1, 0.15) is 33.4 Å². The number of amides is 1. The van der Waals surface area contributed by atoms with Crippen molar-refractivity contribution in [3.63, 3.8) is 0 Å². The molecule has 0 atom stereocenters. The van der Waals surface area contributed by atoms with Crippen molar-refractivity contribution in [2.24, 2.45) is 5.10 Å². The van der Waals surface area contributed by atoms with Crippen LogP contribution in [0.25, 0.3) is 0 Å². The largest absolute Gasteiger partial charge is 0.493 e. The quantitative estimate of drug-likeness (QED) is 0.454. The van der Waals surface area contributed by atoms with Crippen molar-refractivity contribution >= 4 is 28.6 Å². The van der Waals surface area contributed by atoms with E-state index in [1.54, 1.807) is 6.21 Å². The number of nitrogens with zero attached hydrogens (tertiary/aromatic N) is 1. The number of hydrogen-bond acceptors (Lipinski definition) is 5. The number of nitrogens with two attached hydrogens (primary N) is 1. The number of H-pyrrole nitrogens is 1. The van der Waals surface area contributed by atoms with Gasteiger partial charge in [0.25, 0.3) is 5.91 Å². The summed E-state index contributed by atoms with van der Waals surface area (Å²) in [7, 11) is 0. The zero-order chi connectivity index (χ0) is 19.8. The van der Waals surface area contributed by atoms with Gasteiger partial charge in [-0.2, -0.15) is 5.10 Å². The molecular formula is C21H23N4O2S+. The van der Waals surface area contributed by atoms with Crippen molar-refractivity contribution in [1.29, 1.82) is 0 Å². The van der Waals surface area contributed by atoms with Crippen molar-refractivity contribution in [1.82, 2.24) is 5.43 Å². The van der Waals surface area contributed by atoms with Crippen molar-refractivity contribution < 1.29 is 14.5 Å². The van der Waals surface area contributed by atoms with Crippen LogP contribution in [0.5, 0.6) is 5.75 Å². The first kappa shape index (κ1) is 19.6. The number of nitrogens with one attached hydrogen (secondary N) is 2. The van der Waals surface area contributed by atoms with E-state index in [-0.39, 0.29) is 5.91 Å². The third-order valence-electron chi connectivity index (χ3n) is 4.10. The van der Waals surface area contributed by atoms with Gasteiger partial charge >= 0.3 is 5.13 Å².